The Morgan fingerprint density at radius 2 is 2.00 bits per heavy atom. The fourth-order valence-corrected chi connectivity index (χ4v) is 3.74. The van der Waals surface area contributed by atoms with Crippen LogP contribution in [0.1, 0.15) is 11.3 Å². The Balaban J connectivity index is 1.68. The smallest absolute Gasteiger partial charge is 0.230 e. The number of nitrogens with one attached hydrogen (secondary N) is 1. The maximum atomic E-state index is 12.2. The molecule has 0 bridgehead atoms. The van der Waals surface area contributed by atoms with Crippen LogP contribution in [-0.4, -0.2) is 10.9 Å². The summed E-state index contributed by atoms with van der Waals surface area (Å²) in [6.45, 7) is 2.00. The van der Waals surface area contributed by atoms with Crippen LogP contribution in [0.25, 0.3) is 10.6 Å². The van der Waals surface area contributed by atoms with Gasteiger partial charge in [-0.25, -0.2) is 4.98 Å². The SMILES string of the molecule is Cc1ccc(NC(=O)Cc2csc(-c3ccc(Cl)cc3)n2)c(Br)c1. The minimum atomic E-state index is -0.0903. The monoisotopic (exact) mass is 420 g/mol. The summed E-state index contributed by atoms with van der Waals surface area (Å²) < 4.78 is 0.871. The molecule has 0 spiro atoms. The summed E-state index contributed by atoms with van der Waals surface area (Å²) >= 11 is 10.9. The van der Waals surface area contributed by atoms with Crippen LogP contribution in [0.4, 0.5) is 5.69 Å². The maximum absolute atomic E-state index is 12.2. The van der Waals surface area contributed by atoms with Gasteiger partial charge in [0.2, 0.25) is 5.91 Å². The Hall–Kier alpha value is -1.69. The number of aromatic nitrogens is 1. The molecule has 1 heterocycles. The van der Waals surface area contributed by atoms with E-state index in [1.54, 1.807) is 0 Å². The Kier molecular flexibility index (Phi) is 5.33. The average molecular weight is 422 g/mol. The summed E-state index contributed by atoms with van der Waals surface area (Å²) in [5.41, 5.74) is 3.65. The topological polar surface area (TPSA) is 42.0 Å². The van der Waals surface area contributed by atoms with Crippen molar-refractivity contribution in [2.45, 2.75) is 13.3 Å². The van der Waals surface area contributed by atoms with Crippen molar-refractivity contribution in [1.29, 1.82) is 0 Å². The molecular weight excluding hydrogens is 408 g/mol. The Labute approximate surface area is 157 Å². The van der Waals surface area contributed by atoms with Crippen LogP contribution < -0.4 is 5.32 Å². The molecule has 0 saturated heterocycles. The summed E-state index contributed by atoms with van der Waals surface area (Å²) in [6, 6.07) is 13.3. The quantitative estimate of drug-likeness (QED) is 0.586. The van der Waals surface area contributed by atoms with Crippen molar-refractivity contribution in [3.8, 4) is 10.6 Å². The van der Waals surface area contributed by atoms with E-state index >= 15 is 0 Å². The second kappa shape index (κ2) is 7.47. The molecule has 0 fully saturated rings. The molecule has 0 aliphatic carbocycles. The Morgan fingerprint density at radius 1 is 1.25 bits per heavy atom. The molecule has 3 aromatic rings. The van der Waals surface area contributed by atoms with E-state index in [-0.39, 0.29) is 12.3 Å². The van der Waals surface area contributed by atoms with Crippen molar-refractivity contribution in [2.24, 2.45) is 0 Å². The molecule has 0 radical (unpaired) electrons. The second-order valence-corrected chi connectivity index (χ2v) is 7.51. The fourth-order valence-electron chi connectivity index (χ4n) is 2.19. The second-order valence-electron chi connectivity index (χ2n) is 5.36. The minimum Gasteiger partial charge on any atom is -0.325 e. The summed E-state index contributed by atoms with van der Waals surface area (Å²) in [6.07, 6.45) is 0.240. The maximum Gasteiger partial charge on any atom is 0.230 e. The number of hydrogen-bond donors (Lipinski definition) is 1. The normalized spacial score (nSPS) is 10.6. The number of anilines is 1. The fraction of sp³-hybridized carbons (Fsp3) is 0.111. The van der Waals surface area contributed by atoms with E-state index in [9.17, 15) is 4.79 Å². The Bertz CT molecular complexity index is 877. The third kappa shape index (κ3) is 4.23. The average Bonchev–Trinajstić information content (AvgIpc) is 2.99. The number of rotatable bonds is 4. The number of carbonyl (C=O) groups excluding carboxylic acids is 1. The third-order valence-electron chi connectivity index (χ3n) is 3.38. The van der Waals surface area contributed by atoms with Gasteiger partial charge >= 0.3 is 0 Å². The Morgan fingerprint density at radius 3 is 2.71 bits per heavy atom. The van der Waals surface area contributed by atoms with E-state index in [1.165, 1.54) is 11.3 Å². The molecule has 24 heavy (non-hydrogen) atoms. The highest BCUT2D eigenvalue weighted by molar-refractivity contribution is 9.10. The lowest BCUT2D eigenvalue weighted by Crippen LogP contribution is -2.15. The van der Waals surface area contributed by atoms with Crippen LogP contribution in [0, 0.1) is 6.92 Å². The summed E-state index contributed by atoms with van der Waals surface area (Å²) in [5.74, 6) is -0.0903. The lowest BCUT2D eigenvalue weighted by atomic mass is 10.2. The van der Waals surface area contributed by atoms with Gasteiger partial charge in [-0.05, 0) is 52.7 Å². The first-order valence-electron chi connectivity index (χ1n) is 7.27. The van der Waals surface area contributed by atoms with Crippen molar-refractivity contribution in [1.82, 2.24) is 4.98 Å². The molecule has 3 rings (SSSR count). The van der Waals surface area contributed by atoms with Gasteiger partial charge in [0.1, 0.15) is 5.01 Å². The first-order chi connectivity index (χ1) is 11.5. The predicted octanol–water partition coefficient (Wildman–Crippen LogP) is 5.72. The standard InChI is InChI=1S/C18H14BrClN2OS/c1-11-2-7-16(15(19)8-11)22-17(23)9-14-10-24-18(21-14)12-3-5-13(20)6-4-12/h2-8,10H,9H2,1H3,(H,22,23). The molecule has 3 nitrogen and oxygen atoms in total. The number of halogens is 2. The summed E-state index contributed by atoms with van der Waals surface area (Å²) in [7, 11) is 0. The highest BCUT2D eigenvalue weighted by atomic mass is 79.9. The number of thiazole rings is 1. The zero-order valence-corrected chi connectivity index (χ0v) is 16.0. The molecule has 0 saturated carbocycles. The third-order valence-corrected chi connectivity index (χ3v) is 5.23. The van der Waals surface area contributed by atoms with Gasteiger partial charge in [-0.2, -0.15) is 0 Å². The zero-order chi connectivity index (χ0) is 17.1. The van der Waals surface area contributed by atoms with E-state index < -0.39 is 0 Å². The number of aryl methyl sites for hydroxylation is 1. The molecule has 1 aromatic heterocycles. The molecule has 1 amide bonds. The number of benzene rings is 2. The molecule has 1 N–H and O–H groups in total. The van der Waals surface area contributed by atoms with Crippen molar-refractivity contribution in [3.05, 3.63) is 68.6 Å². The highest BCUT2D eigenvalue weighted by Crippen LogP contribution is 2.26. The molecule has 0 unspecified atom stereocenters. The van der Waals surface area contributed by atoms with Gasteiger partial charge in [0.25, 0.3) is 0 Å². The minimum absolute atomic E-state index is 0.0903. The van der Waals surface area contributed by atoms with E-state index in [0.717, 1.165) is 32.0 Å². The molecule has 6 heteroatoms. The number of carbonyl (C=O) groups is 1. The molecule has 0 aliphatic heterocycles. The van der Waals surface area contributed by atoms with Crippen LogP contribution >= 0.6 is 38.9 Å². The van der Waals surface area contributed by atoms with Crippen molar-refractivity contribution in [2.75, 3.05) is 5.32 Å². The van der Waals surface area contributed by atoms with Crippen LogP contribution in [-0.2, 0) is 11.2 Å². The van der Waals surface area contributed by atoms with Gasteiger partial charge in [0.05, 0.1) is 17.8 Å². The van der Waals surface area contributed by atoms with Crippen molar-refractivity contribution in [3.63, 3.8) is 0 Å². The van der Waals surface area contributed by atoms with E-state index in [0.29, 0.717) is 5.02 Å². The number of hydrogen-bond acceptors (Lipinski definition) is 3. The summed E-state index contributed by atoms with van der Waals surface area (Å²) in [4.78, 5) is 16.8. The van der Waals surface area contributed by atoms with Crippen LogP contribution in [0.2, 0.25) is 5.02 Å². The van der Waals surface area contributed by atoms with E-state index in [4.69, 9.17) is 11.6 Å². The van der Waals surface area contributed by atoms with Crippen LogP contribution in [0.15, 0.2) is 52.3 Å². The van der Waals surface area contributed by atoms with E-state index in [2.05, 4.69) is 26.2 Å². The van der Waals surface area contributed by atoms with Gasteiger partial charge in [0, 0.05) is 20.4 Å². The molecule has 0 atom stereocenters. The highest BCUT2D eigenvalue weighted by Gasteiger charge is 2.11. The molecular formula is C18H14BrClN2OS. The molecule has 122 valence electrons. The van der Waals surface area contributed by atoms with Gasteiger partial charge in [-0.1, -0.05) is 29.8 Å². The number of nitrogens with zero attached hydrogens (tertiary/aromatic N) is 1. The number of amides is 1. The zero-order valence-electron chi connectivity index (χ0n) is 12.8. The van der Waals surface area contributed by atoms with E-state index in [1.807, 2.05) is 54.8 Å². The van der Waals surface area contributed by atoms with Crippen molar-refractivity contribution >= 4 is 50.5 Å². The lowest BCUT2D eigenvalue weighted by molar-refractivity contribution is -0.115. The van der Waals surface area contributed by atoms with Crippen LogP contribution in [0.5, 0.6) is 0 Å². The molecule has 2 aromatic carbocycles. The lowest BCUT2D eigenvalue weighted by Gasteiger charge is -2.07. The molecule has 0 aliphatic rings. The van der Waals surface area contributed by atoms with Crippen molar-refractivity contribution < 1.29 is 4.79 Å². The van der Waals surface area contributed by atoms with Gasteiger partial charge in [0.15, 0.2) is 0 Å². The largest absolute Gasteiger partial charge is 0.325 e. The predicted molar refractivity (Wildman–Crippen MR) is 104 cm³/mol. The van der Waals surface area contributed by atoms with Crippen LogP contribution in [0.3, 0.4) is 0 Å². The summed E-state index contributed by atoms with van der Waals surface area (Å²) in [5, 5.41) is 6.39. The first kappa shape index (κ1) is 17.1. The van der Waals surface area contributed by atoms with Gasteiger partial charge < -0.3 is 5.32 Å². The van der Waals surface area contributed by atoms with Gasteiger partial charge in [-0.3, -0.25) is 4.79 Å². The van der Waals surface area contributed by atoms with Gasteiger partial charge in [-0.15, -0.1) is 11.3 Å². The first-order valence-corrected chi connectivity index (χ1v) is 9.32.